The van der Waals surface area contributed by atoms with E-state index in [2.05, 4.69) is 48.4 Å². The minimum atomic E-state index is 0.514. The number of ether oxygens (including phenoxy) is 1. The largest absolute Gasteiger partial charge is 0.487 e. The van der Waals surface area contributed by atoms with E-state index in [4.69, 9.17) is 16.3 Å². The Balaban J connectivity index is 1.88. The van der Waals surface area contributed by atoms with Gasteiger partial charge in [-0.1, -0.05) is 49.7 Å². The normalized spacial score (nSPS) is 10.9. The first-order valence-corrected chi connectivity index (χ1v) is 7.53. The number of hydrogen-bond acceptors (Lipinski definition) is 3. The Morgan fingerprint density at radius 3 is 2.76 bits per heavy atom. The fourth-order valence-electron chi connectivity index (χ4n) is 1.97. The maximum Gasteiger partial charge on any atom is 0.139 e. The highest BCUT2D eigenvalue weighted by molar-refractivity contribution is 6.30. The molecule has 4 heteroatoms. The van der Waals surface area contributed by atoms with Gasteiger partial charge in [-0.15, -0.1) is 0 Å². The lowest BCUT2D eigenvalue weighted by Crippen LogP contribution is -2.19. The second-order valence-electron chi connectivity index (χ2n) is 5.47. The molecule has 1 aromatic carbocycles. The summed E-state index contributed by atoms with van der Waals surface area (Å²) in [4.78, 5) is 4.00. The first-order chi connectivity index (χ1) is 10.1. The van der Waals surface area contributed by atoms with Crippen LogP contribution in [0.1, 0.15) is 25.0 Å². The van der Waals surface area contributed by atoms with Crippen molar-refractivity contribution in [3.05, 3.63) is 58.9 Å². The third kappa shape index (κ3) is 5.74. The number of pyridine rings is 1. The van der Waals surface area contributed by atoms with Crippen LogP contribution < -0.4 is 10.1 Å². The molecule has 0 saturated carbocycles. The first kappa shape index (κ1) is 15.8. The number of rotatable bonds is 7. The minimum absolute atomic E-state index is 0.514. The number of aromatic nitrogens is 1. The van der Waals surface area contributed by atoms with Gasteiger partial charge in [0.25, 0.3) is 0 Å². The summed E-state index contributed by atoms with van der Waals surface area (Å²) in [6, 6.07) is 10.2. The van der Waals surface area contributed by atoms with Gasteiger partial charge in [0.1, 0.15) is 12.4 Å². The van der Waals surface area contributed by atoms with Crippen molar-refractivity contribution < 1.29 is 4.74 Å². The van der Waals surface area contributed by atoms with Crippen LogP contribution in [-0.4, -0.2) is 11.5 Å². The summed E-state index contributed by atoms with van der Waals surface area (Å²) in [5, 5.41) is 4.02. The Morgan fingerprint density at radius 2 is 2.00 bits per heavy atom. The summed E-state index contributed by atoms with van der Waals surface area (Å²) in [6.45, 7) is 6.83. The van der Waals surface area contributed by atoms with E-state index in [0.29, 0.717) is 23.3 Å². The standard InChI is InChI=1S/C17H21ClN2O/c1-13(2)8-19-9-14-4-3-5-15(6-14)12-21-17-7-16(18)10-20-11-17/h3-7,10-11,13,19H,8-9,12H2,1-2H3. The van der Waals surface area contributed by atoms with Gasteiger partial charge in [0, 0.05) is 18.8 Å². The molecule has 0 fully saturated rings. The fourth-order valence-corrected chi connectivity index (χ4v) is 2.14. The van der Waals surface area contributed by atoms with Gasteiger partial charge in [0.05, 0.1) is 11.2 Å². The lowest BCUT2D eigenvalue weighted by molar-refractivity contribution is 0.305. The molecule has 0 aliphatic heterocycles. The molecule has 0 aliphatic carbocycles. The van der Waals surface area contributed by atoms with E-state index in [1.165, 1.54) is 5.56 Å². The summed E-state index contributed by atoms with van der Waals surface area (Å²) in [6.07, 6.45) is 3.26. The summed E-state index contributed by atoms with van der Waals surface area (Å²) in [7, 11) is 0. The van der Waals surface area contributed by atoms with Gasteiger partial charge in [0.2, 0.25) is 0 Å². The number of nitrogens with zero attached hydrogens (tertiary/aromatic N) is 1. The Morgan fingerprint density at radius 1 is 1.19 bits per heavy atom. The number of hydrogen-bond donors (Lipinski definition) is 1. The van der Waals surface area contributed by atoms with Crippen molar-refractivity contribution in [3.8, 4) is 5.75 Å². The van der Waals surface area contributed by atoms with Crippen LogP contribution in [0.15, 0.2) is 42.7 Å². The van der Waals surface area contributed by atoms with Crippen LogP contribution in [0.3, 0.4) is 0 Å². The molecule has 0 atom stereocenters. The van der Waals surface area contributed by atoms with Gasteiger partial charge >= 0.3 is 0 Å². The van der Waals surface area contributed by atoms with Gasteiger partial charge in [-0.25, -0.2) is 0 Å². The van der Waals surface area contributed by atoms with Crippen LogP contribution in [0, 0.1) is 5.92 Å². The molecule has 2 rings (SSSR count). The maximum absolute atomic E-state index is 5.88. The molecule has 0 aliphatic rings. The van der Waals surface area contributed by atoms with Crippen molar-refractivity contribution in [1.29, 1.82) is 0 Å². The Hall–Kier alpha value is -1.58. The average Bonchev–Trinajstić information content (AvgIpc) is 2.45. The second-order valence-corrected chi connectivity index (χ2v) is 5.91. The van der Waals surface area contributed by atoms with E-state index >= 15 is 0 Å². The predicted molar refractivity (Wildman–Crippen MR) is 86.6 cm³/mol. The zero-order valence-electron chi connectivity index (χ0n) is 12.5. The van der Waals surface area contributed by atoms with Crippen LogP contribution >= 0.6 is 11.6 Å². The van der Waals surface area contributed by atoms with Crippen molar-refractivity contribution in [3.63, 3.8) is 0 Å². The van der Waals surface area contributed by atoms with Crippen LogP contribution in [0.25, 0.3) is 0 Å². The van der Waals surface area contributed by atoms with Crippen molar-refractivity contribution >= 4 is 11.6 Å². The summed E-state index contributed by atoms with van der Waals surface area (Å²) >= 11 is 5.88. The van der Waals surface area contributed by atoms with E-state index < -0.39 is 0 Å². The molecule has 1 N–H and O–H groups in total. The predicted octanol–water partition coefficient (Wildman–Crippen LogP) is 4.06. The van der Waals surface area contributed by atoms with E-state index in [-0.39, 0.29) is 0 Å². The van der Waals surface area contributed by atoms with Gasteiger partial charge in [0.15, 0.2) is 0 Å². The Labute approximate surface area is 131 Å². The van der Waals surface area contributed by atoms with Gasteiger partial charge in [-0.05, 0) is 23.6 Å². The minimum Gasteiger partial charge on any atom is -0.487 e. The molecular weight excluding hydrogens is 284 g/mol. The highest BCUT2D eigenvalue weighted by atomic mass is 35.5. The molecule has 2 aromatic rings. The molecule has 1 aromatic heterocycles. The Bertz CT molecular complexity index is 572. The average molecular weight is 305 g/mol. The molecule has 112 valence electrons. The highest BCUT2D eigenvalue weighted by Gasteiger charge is 2.00. The zero-order valence-corrected chi connectivity index (χ0v) is 13.2. The van der Waals surface area contributed by atoms with Crippen molar-refractivity contribution in [2.75, 3.05) is 6.54 Å². The number of halogens is 1. The van der Waals surface area contributed by atoms with Crippen molar-refractivity contribution in [2.24, 2.45) is 5.92 Å². The zero-order chi connectivity index (χ0) is 15.1. The summed E-state index contributed by atoms with van der Waals surface area (Å²) in [5.41, 5.74) is 2.40. The van der Waals surface area contributed by atoms with E-state index in [9.17, 15) is 0 Å². The van der Waals surface area contributed by atoms with Crippen LogP contribution in [0.2, 0.25) is 5.02 Å². The third-order valence-corrected chi connectivity index (χ3v) is 3.17. The lowest BCUT2D eigenvalue weighted by Gasteiger charge is -2.10. The van der Waals surface area contributed by atoms with Gasteiger partial charge in [-0.2, -0.15) is 0 Å². The first-order valence-electron chi connectivity index (χ1n) is 7.15. The summed E-state index contributed by atoms with van der Waals surface area (Å²) in [5.74, 6) is 1.35. The smallest absolute Gasteiger partial charge is 0.139 e. The molecule has 0 amide bonds. The van der Waals surface area contributed by atoms with Crippen LogP contribution in [-0.2, 0) is 13.2 Å². The maximum atomic E-state index is 5.88. The monoisotopic (exact) mass is 304 g/mol. The third-order valence-electron chi connectivity index (χ3n) is 2.96. The molecule has 0 radical (unpaired) electrons. The topological polar surface area (TPSA) is 34.1 Å². The fraction of sp³-hybridized carbons (Fsp3) is 0.353. The lowest BCUT2D eigenvalue weighted by atomic mass is 10.1. The summed E-state index contributed by atoms with van der Waals surface area (Å²) < 4.78 is 5.70. The van der Waals surface area contributed by atoms with Gasteiger partial charge in [-0.3, -0.25) is 4.98 Å². The number of benzene rings is 1. The Kier molecular flexibility index (Phi) is 6.03. The van der Waals surface area contributed by atoms with E-state index in [1.807, 2.05) is 0 Å². The molecule has 3 nitrogen and oxygen atoms in total. The van der Waals surface area contributed by atoms with Crippen LogP contribution in [0.5, 0.6) is 5.75 Å². The molecule has 21 heavy (non-hydrogen) atoms. The molecular formula is C17H21ClN2O. The molecule has 0 bridgehead atoms. The van der Waals surface area contributed by atoms with E-state index in [0.717, 1.165) is 18.7 Å². The van der Waals surface area contributed by atoms with Crippen molar-refractivity contribution in [1.82, 2.24) is 10.3 Å². The number of nitrogens with one attached hydrogen (secondary N) is 1. The molecule has 0 unspecified atom stereocenters. The SMILES string of the molecule is CC(C)CNCc1cccc(COc2cncc(Cl)c2)c1. The quantitative estimate of drug-likeness (QED) is 0.837. The molecule has 0 spiro atoms. The van der Waals surface area contributed by atoms with Gasteiger partial charge < -0.3 is 10.1 Å². The molecule has 1 heterocycles. The van der Waals surface area contributed by atoms with Crippen LogP contribution in [0.4, 0.5) is 0 Å². The van der Waals surface area contributed by atoms with E-state index in [1.54, 1.807) is 18.5 Å². The highest BCUT2D eigenvalue weighted by Crippen LogP contribution is 2.17. The second kappa shape index (κ2) is 8.01. The van der Waals surface area contributed by atoms with Crippen molar-refractivity contribution in [2.45, 2.75) is 27.0 Å². The molecule has 0 saturated heterocycles.